The van der Waals surface area contributed by atoms with E-state index >= 15 is 0 Å². The third-order valence-electron chi connectivity index (χ3n) is 4.30. The van der Waals surface area contributed by atoms with Crippen molar-refractivity contribution in [3.63, 3.8) is 0 Å². The van der Waals surface area contributed by atoms with Crippen LogP contribution in [0, 0.1) is 0 Å². The molecule has 3 aromatic heterocycles. The second-order valence-electron chi connectivity index (χ2n) is 6.39. The Morgan fingerprint density at radius 1 is 1.46 bits per heavy atom. The first kappa shape index (κ1) is 15.3. The van der Waals surface area contributed by atoms with E-state index in [1.54, 1.807) is 11.3 Å². The standard InChI is InChI=1S/C16H19N5O2S/c1-10(2)15-18-14(19-23-15)12-4-3-5-21(12)13(22)8-11-9-20-6-7-24-16(20)17-11/h6-7,9-10,12H,3-5,8H2,1-2H3/t12-/m1/s1. The van der Waals surface area contributed by atoms with Gasteiger partial charge in [-0.05, 0) is 12.8 Å². The van der Waals surface area contributed by atoms with E-state index in [9.17, 15) is 4.79 Å². The van der Waals surface area contributed by atoms with E-state index in [2.05, 4.69) is 15.1 Å². The molecule has 0 N–H and O–H groups in total. The number of thiazole rings is 1. The molecule has 1 aliphatic rings. The molecule has 0 unspecified atom stereocenters. The summed E-state index contributed by atoms with van der Waals surface area (Å²) in [6, 6.07) is -0.0857. The minimum atomic E-state index is -0.0857. The van der Waals surface area contributed by atoms with E-state index in [0.29, 0.717) is 18.1 Å². The van der Waals surface area contributed by atoms with Crippen molar-refractivity contribution in [2.24, 2.45) is 0 Å². The molecule has 0 bridgehead atoms. The molecule has 0 radical (unpaired) electrons. The molecule has 7 nitrogen and oxygen atoms in total. The van der Waals surface area contributed by atoms with Crippen molar-refractivity contribution < 1.29 is 9.32 Å². The molecular weight excluding hydrogens is 326 g/mol. The highest BCUT2D eigenvalue weighted by Gasteiger charge is 2.33. The van der Waals surface area contributed by atoms with E-state index in [0.717, 1.165) is 30.0 Å². The third-order valence-corrected chi connectivity index (χ3v) is 5.07. The first-order chi connectivity index (χ1) is 11.6. The summed E-state index contributed by atoms with van der Waals surface area (Å²) in [5.74, 6) is 1.50. The largest absolute Gasteiger partial charge is 0.339 e. The fraction of sp³-hybridized carbons (Fsp3) is 0.500. The lowest BCUT2D eigenvalue weighted by Gasteiger charge is -2.21. The van der Waals surface area contributed by atoms with Gasteiger partial charge in [0.05, 0.1) is 18.2 Å². The van der Waals surface area contributed by atoms with Crippen molar-refractivity contribution in [2.45, 2.75) is 45.1 Å². The summed E-state index contributed by atoms with van der Waals surface area (Å²) in [6.07, 6.45) is 6.01. The van der Waals surface area contributed by atoms with Crippen LogP contribution in [0.1, 0.15) is 56.1 Å². The number of likely N-dealkylation sites (tertiary alicyclic amines) is 1. The van der Waals surface area contributed by atoms with E-state index in [1.807, 2.05) is 40.9 Å². The van der Waals surface area contributed by atoms with Gasteiger partial charge in [0, 0.05) is 30.2 Å². The average Bonchev–Trinajstić information content (AvgIpc) is 3.29. The van der Waals surface area contributed by atoms with E-state index in [4.69, 9.17) is 4.52 Å². The molecule has 3 aromatic rings. The van der Waals surface area contributed by atoms with Crippen molar-refractivity contribution in [1.29, 1.82) is 0 Å². The van der Waals surface area contributed by atoms with Gasteiger partial charge in [0.1, 0.15) is 0 Å². The van der Waals surface area contributed by atoms with Crippen LogP contribution >= 0.6 is 11.3 Å². The number of imidazole rings is 1. The first-order valence-corrected chi connectivity index (χ1v) is 9.04. The molecule has 1 fully saturated rings. The fourth-order valence-corrected chi connectivity index (χ4v) is 3.79. The number of carbonyl (C=O) groups is 1. The molecule has 0 saturated carbocycles. The summed E-state index contributed by atoms with van der Waals surface area (Å²) in [7, 11) is 0. The van der Waals surface area contributed by atoms with Gasteiger partial charge >= 0.3 is 0 Å². The summed E-state index contributed by atoms with van der Waals surface area (Å²) in [4.78, 5) is 24.5. The Morgan fingerprint density at radius 3 is 3.08 bits per heavy atom. The van der Waals surface area contributed by atoms with Crippen LogP contribution in [0.3, 0.4) is 0 Å². The van der Waals surface area contributed by atoms with Crippen molar-refractivity contribution in [3.8, 4) is 0 Å². The molecule has 8 heteroatoms. The Morgan fingerprint density at radius 2 is 2.33 bits per heavy atom. The molecule has 0 aromatic carbocycles. The zero-order valence-corrected chi connectivity index (χ0v) is 14.5. The lowest BCUT2D eigenvalue weighted by molar-refractivity contribution is -0.131. The predicted octanol–water partition coefficient (Wildman–Crippen LogP) is 2.81. The Bertz CT molecular complexity index is 836. The van der Waals surface area contributed by atoms with Crippen molar-refractivity contribution >= 4 is 22.2 Å². The summed E-state index contributed by atoms with van der Waals surface area (Å²) in [6.45, 7) is 4.76. The second-order valence-corrected chi connectivity index (χ2v) is 7.27. The summed E-state index contributed by atoms with van der Waals surface area (Å²) in [5, 5.41) is 6.07. The second kappa shape index (κ2) is 6.01. The molecule has 126 valence electrons. The summed E-state index contributed by atoms with van der Waals surface area (Å²) in [5.41, 5.74) is 0.800. The van der Waals surface area contributed by atoms with E-state index < -0.39 is 0 Å². The van der Waals surface area contributed by atoms with Gasteiger partial charge < -0.3 is 9.42 Å². The van der Waals surface area contributed by atoms with Crippen LogP contribution in [0.5, 0.6) is 0 Å². The topological polar surface area (TPSA) is 76.5 Å². The van der Waals surface area contributed by atoms with Gasteiger partial charge in [-0.3, -0.25) is 9.20 Å². The van der Waals surface area contributed by atoms with Gasteiger partial charge in [-0.15, -0.1) is 11.3 Å². The van der Waals surface area contributed by atoms with Gasteiger partial charge in [0.15, 0.2) is 10.8 Å². The molecular formula is C16H19N5O2S. The quantitative estimate of drug-likeness (QED) is 0.727. The van der Waals surface area contributed by atoms with Gasteiger partial charge in [-0.25, -0.2) is 4.98 Å². The van der Waals surface area contributed by atoms with Gasteiger partial charge in [-0.1, -0.05) is 19.0 Å². The molecule has 1 atom stereocenters. The van der Waals surface area contributed by atoms with Gasteiger partial charge in [0.2, 0.25) is 11.8 Å². The molecule has 4 rings (SSSR count). The maximum absolute atomic E-state index is 12.7. The zero-order valence-electron chi connectivity index (χ0n) is 13.7. The maximum atomic E-state index is 12.7. The Kier molecular flexibility index (Phi) is 3.84. The minimum Gasteiger partial charge on any atom is -0.339 e. The molecule has 0 aliphatic carbocycles. The number of fused-ring (bicyclic) bond motifs is 1. The number of rotatable bonds is 4. The summed E-state index contributed by atoms with van der Waals surface area (Å²) >= 11 is 1.56. The maximum Gasteiger partial charge on any atom is 0.229 e. The number of carbonyl (C=O) groups excluding carboxylic acids is 1. The van der Waals surface area contributed by atoms with Crippen LogP contribution < -0.4 is 0 Å². The average molecular weight is 345 g/mol. The van der Waals surface area contributed by atoms with Crippen molar-refractivity contribution in [3.05, 3.63) is 35.2 Å². The van der Waals surface area contributed by atoms with Crippen LogP contribution in [0.15, 0.2) is 22.3 Å². The molecule has 1 aliphatic heterocycles. The first-order valence-electron chi connectivity index (χ1n) is 8.16. The SMILES string of the molecule is CC(C)c1nc([C@H]2CCCN2C(=O)Cc2cn3ccsc3n2)no1. The highest BCUT2D eigenvalue weighted by atomic mass is 32.1. The number of hydrogen-bond acceptors (Lipinski definition) is 6. The molecule has 1 saturated heterocycles. The zero-order chi connectivity index (χ0) is 16.7. The van der Waals surface area contributed by atoms with Gasteiger partial charge in [-0.2, -0.15) is 4.98 Å². The fourth-order valence-electron chi connectivity index (χ4n) is 3.07. The van der Waals surface area contributed by atoms with E-state index in [-0.39, 0.29) is 17.9 Å². The lowest BCUT2D eigenvalue weighted by atomic mass is 10.2. The van der Waals surface area contributed by atoms with Crippen LogP contribution in [-0.2, 0) is 11.2 Å². The van der Waals surface area contributed by atoms with Gasteiger partial charge in [0.25, 0.3) is 0 Å². The summed E-state index contributed by atoms with van der Waals surface area (Å²) < 4.78 is 7.25. The van der Waals surface area contributed by atoms with Crippen LogP contribution in [0.4, 0.5) is 0 Å². The molecule has 0 spiro atoms. The smallest absolute Gasteiger partial charge is 0.229 e. The third kappa shape index (κ3) is 2.71. The Hall–Kier alpha value is -2.22. The van der Waals surface area contributed by atoms with E-state index in [1.165, 1.54) is 0 Å². The molecule has 4 heterocycles. The molecule has 24 heavy (non-hydrogen) atoms. The van der Waals surface area contributed by atoms with Crippen molar-refractivity contribution in [2.75, 3.05) is 6.54 Å². The van der Waals surface area contributed by atoms with Crippen LogP contribution in [0.25, 0.3) is 4.96 Å². The van der Waals surface area contributed by atoms with Crippen LogP contribution in [0.2, 0.25) is 0 Å². The highest BCUT2D eigenvalue weighted by Crippen LogP contribution is 2.31. The molecule has 1 amide bonds. The minimum absolute atomic E-state index is 0.0687. The Labute approximate surface area is 143 Å². The number of nitrogens with zero attached hydrogens (tertiary/aromatic N) is 5. The Balaban J connectivity index is 1.50. The lowest BCUT2D eigenvalue weighted by Crippen LogP contribution is -2.32. The van der Waals surface area contributed by atoms with Crippen LogP contribution in [-0.4, -0.2) is 36.9 Å². The number of hydrogen-bond donors (Lipinski definition) is 0. The number of aromatic nitrogens is 4. The van der Waals surface area contributed by atoms with Crippen molar-refractivity contribution in [1.82, 2.24) is 24.4 Å². The highest BCUT2D eigenvalue weighted by molar-refractivity contribution is 7.15. The number of amides is 1. The monoisotopic (exact) mass is 345 g/mol. The predicted molar refractivity (Wildman–Crippen MR) is 88.8 cm³/mol. The normalized spacial score (nSPS) is 18.1.